The van der Waals surface area contributed by atoms with Crippen molar-refractivity contribution in [1.29, 1.82) is 0 Å². The number of aromatic nitrogens is 7. The molecule has 3 fully saturated rings. The SMILES string of the molecule is Cc1cn([C@@H]2O[C@@H]3COP(=O)(O)O[C@H]4[C@@H](O)[C@H](n5cnc6c(N)ncnc65)O[C@@H]4COP(=O)(O)O[C@@H]2[C@@H]3O)c2nc(N)[nH]c(=O)c12. The van der Waals surface area contributed by atoms with Gasteiger partial charge in [0.2, 0.25) is 5.95 Å². The Morgan fingerprint density at radius 2 is 1.59 bits per heavy atom. The minimum atomic E-state index is -5.11. The van der Waals surface area contributed by atoms with Gasteiger partial charge < -0.3 is 45.5 Å². The molecule has 4 aromatic rings. The number of aliphatic hydroxyl groups is 2. The van der Waals surface area contributed by atoms with Crippen LogP contribution in [0.2, 0.25) is 0 Å². The number of hydrogen-bond acceptors (Lipinski definition) is 17. The number of rotatable bonds is 2. The maximum Gasteiger partial charge on any atom is 0.472 e. The third-order valence-corrected chi connectivity index (χ3v) is 9.73. The van der Waals surface area contributed by atoms with E-state index in [-0.39, 0.29) is 34.0 Å². The molecule has 22 nitrogen and oxygen atoms in total. The Hall–Kier alpha value is -3.37. The molecule has 7 heterocycles. The summed E-state index contributed by atoms with van der Waals surface area (Å²) in [5.74, 6) is -0.202. The molecule has 24 heteroatoms. The summed E-state index contributed by atoms with van der Waals surface area (Å²) >= 11 is 0. The molecule has 0 spiro atoms. The van der Waals surface area contributed by atoms with Crippen LogP contribution >= 0.6 is 15.6 Å². The van der Waals surface area contributed by atoms with Crippen molar-refractivity contribution in [3.05, 3.63) is 34.8 Å². The highest BCUT2D eigenvalue weighted by Gasteiger charge is 2.54. The Morgan fingerprint density at radius 1 is 0.913 bits per heavy atom. The van der Waals surface area contributed by atoms with Crippen molar-refractivity contribution in [2.75, 3.05) is 24.7 Å². The van der Waals surface area contributed by atoms with Gasteiger partial charge in [0, 0.05) is 6.20 Å². The smallest absolute Gasteiger partial charge is 0.387 e. The third-order valence-electron chi connectivity index (χ3n) is 7.76. The molecule has 46 heavy (non-hydrogen) atoms. The van der Waals surface area contributed by atoms with Crippen LogP contribution in [0.5, 0.6) is 0 Å². The lowest BCUT2D eigenvalue weighted by molar-refractivity contribution is -0.0671. The lowest BCUT2D eigenvalue weighted by Crippen LogP contribution is -2.36. The Morgan fingerprint density at radius 3 is 2.33 bits per heavy atom. The number of nitrogens with two attached hydrogens (primary N) is 2. The van der Waals surface area contributed by atoms with Crippen molar-refractivity contribution in [3.8, 4) is 0 Å². The Bertz CT molecular complexity index is 1990. The molecule has 0 aliphatic carbocycles. The molecule has 2 bridgehead atoms. The molecule has 2 unspecified atom stereocenters. The lowest BCUT2D eigenvalue weighted by atomic mass is 10.1. The van der Waals surface area contributed by atoms with Gasteiger partial charge in [-0.15, -0.1) is 0 Å². The average Bonchev–Trinajstić information content (AvgIpc) is 3.71. The number of hydrogen-bond donors (Lipinski definition) is 7. The Balaban J connectivity index is 1.22. The van der Waals surface area contributed by atoms with E-state index in [1.165, 1.54) is 21.7 Å². The zero-order chi connectivity index (χ0) is 32.7. The van der Waals surface area contributed by atoms with Crippen LogP contribution in [0.1, 0.15) is 18.0 Å². The van der Waals surface area contributed by atoms with Crippen molar-refractivity contribution < 1.29 is 56.7 Å². The number of nitrogens with zero attached hydrogens (tertiary/aromatic N) is 6. The molecule has 248 valence electrons. The number of aliphatic hydroxyl groups excluding tert-OH is 2. The van der Waals surface area contributed by atoms with E-state index in [0.717, 1.165) is 6.33 Å². The number of nitrogens with one attached hydrogen (secondary N) is 1. The van der Waals surface area contributed by atoms with E-state index in [0.29, 0.717) is 5.56 Å². The van der Waals surface area contributed by atoms with E-state index < -0.39 is 83.5 Å². The molecular weight excluding hydrogens is 660 g/mol. The summed E-state index contributed by atoms with van der Waals surface area (Å²) in [6.07, 6.45) is -8.70. The summed E-state index contributed by atoms with van der Waals surface area (Å²) in [6, 6.07) is 0. The number of aromatic amines is 1. The maximum atomic E-state index is 13.3. The highest BCUT2D eigenvalue weighted by atomic mass is 31.2. The minimum absolute atomic E-state index is 0.00151. The number of fused-ring (bicyclic) bond motifs is 5. The maximum absolute atomic E-state index is 13.3. The van der Waals surface area contributed by atoms with Crippen LogP contribution in [0, 0.1) is 6.92 Å². The first-order valence-electron chi connectivity index (χ1n) is 13.5. The third kappa shape index (κ3) is 5.31. The van der Waals surface area contributed by atoms with Crippen LogP contribution in [0.15, 0.2) is 23.6 Å². The fourth-order valence-corrected chi connectivity index (χ4v) is 7.61. The first kappa shape index (κ1) is 31.2. The Kier molecular flexibility index (Phi) is 7.55. The van der Waals surface area contributed by atoms with Gasteiger partial charge in [-0.05, 0) is 12.5 Å². The van der Waals surface area contributed by atoms with Crippen LogP contribution in [0.3, 0.4) is 0 Å². The molecule has 0 aromatic carbocycles. The number of nitrogen functional groups attached to an aromatic ring is 2. The fourth-order valence-electron chi connectivity index (χ4n) is 5.72. The molecule has 0 saturated carbocycles. The number of aryl methyl sites for hydroxylation is 1. The van der Waals surface area contributed by atoms with Gasteiger partial charge in [0.25, 0.3) is 5.56 Å². The highest BCUT2D eigenvalue weighted by molar-refractivity contribution is 7.47. The second-order valence-corrected chi connectivity index (χ2v) is 13.5. The molecule has 3 saturated heterocycles. The second-order valence-electron chi connectivity index (χ2n) is 10.7. The molecule has 3 aliphatic rings. The van der Waals surface area contributed by atoms with Gasteiger partial charge in [0.05, 0.1) is 24.9 Å². The van der Waals surface area contributed by atoms with Gasteiger partial charge in [-0.1, -0.05) is 0 Å². The van der Waals surface area contributed by atoms with Crippen LogP contribution in [-0.2, 0) is 36.7 Å². The monoisotopic (exact) mass is 687 g/mol. The van der Waals surface area contributed by atoms with E-state index in [1.54, 1.807) is 6.92 Å². The normalized spacial score (nSPS) is 37.2. The van der Waals surface area contributed by atoms with Crippen LogP contribution < -0.4 is 17.0 Å². The summed E-state index contributed by atoms with van der Waals surface area (Å²) in [5, 5.41) is 22.4. The number of phosphoric acid groups is 2. The van der Waals surface area contributed by atoms with Crippen molar-refractivity contribution >= 4 is 49.6 Å². The van der Waals surface area contributed by atoms with Gasteiger partial charge in [-0.3, -0.25) is 32.4 Å². The largest absolute Gasteiger partial charge is 0.472 e. The second kappa shape index (κ2) is 11.1. The summed E-state index contributed by atoms with van der Waals surface area (Å²) in [6.45, 7) is -0.0315. The van der Waals surface area contributed by atoms with Crippen molar-refractivity contribution in [1.82, 2.24) is 34.1 Å². The lowest BCUT2D eigenvalue weighted by Gasteiger charge is -2.26. The first-order valence-corrected chi connectivity index (χ1v) is 16.5. The van der Waals surface area contributed by atoms with E-state index >= 15 is 0 Å². The Labute approximate surface area is 256 Å². The molecule has 0 radical (unpaired) electrons. The van der Waals surface area contributed by atoms with Gasteiger partial charge in [0.1, 0.15) is 48.5 Å². The number of H-pyrrole nitrogens is 1. The summed E-state index contributed by atoms with van der Waals surface area (Å²) < 4.78 is 61.6. The van der Waals surface area contributed by atoms with Crippen molar-refractivity contribution in [3.63, 3.8) is 0 Å². The summed E-state index contributed by atoms with van der Waals surface area (Å²) in [5.41, 5.74) is 11.7. The van der Waals surface area contributed by atoms with E-state index in [4.69, 9.17) is 39.0 Å². The zero-order valence-electron chi connectivity index (χ0n) is 23.5. The first-order chi connectivity index (χ1) is 21.7. The van der Waals surface area contributed by atoms with E-state index in [1.807, 2.05) is 0 Å². The minimum Gasteiger partial charge on any atom is -0.387 e. The molecule has 7 rings (SSSR count). The summed E-state index contributed by atoms with van der Waals surface area (Å²) in [7, 11) is -10.2. The predicted octanol–water partition coefficient (Wildman–Crippen LogP) is -1.43. The van der Waals surface area contributed by atoms with Crippen molar-refractivity contribution in [2.45, 2.75) is 56.0 Å². The van der Waals surface area contributed by atoms with Gasteiger partial charge >= 0.3 is 15.6 Å². The molecule has 10 atom stereocenters. The van der Waals surface area contributed by atoms with E-state index in [9.17, 15) is 33.9 Å². The number of phosphoric ester groups is 2. The van der Waals surface area contributed by atoms with Crippen LogP contribution in [0.25, 0.3) is 22.2 Å². The standard InChI is InChI=1S/C22H27N9O13P2/c1-7-2-30(17-10(7)19(34)29-22(24)28-17)21-15-12(32)8(41-21)3-39-45(35,36)43-14-9(4-40-46(37,38)44-15)42-20(13(14)33)31-6-27-11-16(23)25-5-26-18(11)31/h2,5-6,8-9,12-15,20-21,32-33H,3-4H2,1H3,(H,35,36)(H,37,38)(H2,23,25,26)(H3,24,28,29,34)/t8-,9-,12-,13-,14-,15-,20-,21-/m1/s1. The van der Waals surface area contributed by atoms with Crippen LogP contribution in [0.4, 0.5) is 11.8 Å². The topological polar surface area (TPSA) is 317 Å². The number of ether oxygens (including phenoxy) is 2. The molecule has 4 aromatic heterocycles. The zero-order valence-corrected chi connectivity index (χ0v) is 25.2. The molecule has 0 amide bonds. The van der Waals surface area contributed by atoms with Gasteiger partial charge in [0.15, 0.2) is 29.6 Å². The fraction of sp³-hybridized carbons (Fsp3) is 0.500. The van der Waals surface area contributed by atoms with Crippen LogP contribution in [-0.4, -0.2) is 104 Å². The quantitative estimate of drug-likeness (QED) is 0.119. The average molecular weight is 687 g/mol. The summed E-state index contributed by atoms with van der Waals surface area (Å²) in [4.78, 5) is 52.5. The predicted molar refractivity (Wildman–Crippen MR) is 150 cm³/mol. The number of anilines is 2. The molecule has 9 N–H and O–H groups in total. The highest BCUT2D eigenvalue weighted by Crippen LogP contribution is 2.53. The van der Waals surface area contributed by atoms with E-state index in [2.05, 4.69) is 24.9 Å². The molecule has 3 aliphatic heterocycles. The van der Waals surface area contributed by atoms with Crippen molar-refractivity contribution in [2.24, 2.45) is 0 Å². The van der Waals surface area contributed by atoms with Gasteiger partial charge in [-0.25, -0.2) is 24.1 Å². The molecular formula is C22H27N9O13P2. The van der Waals surface area contributed by atoms with Gasteiger partial charge in [-0.2, -0.15) is 4.98 Å². The number of imidazole rings is 1.